The average Bonchev–Trinajstić information content (AvgIpc) is 2.63. The molecule has 1 N–H and O–H groups in total. The van der Waals surface area contributed by atoms with Crippen molar-refractivity contribution in [2.75, 3.05) is 13.2 Å². The van der Waals surface area contributed by atoms with E-state index in [1.165, 1.54) is 0 Å². The number of carbonyl (C=O) groups excluding carboxylic acids is 1. The van der Waals surface area contributed by atoms with E-state index in [9.17, 15) is 4.79 Å². The van der Waals surface area contributed by atoms with Gasteiger partial charge in [0.25, 0.3) is 0 Å². The van der Waals surface area contributed by atoms with E-state index in [1.807, 2.05) is 34.6 Å². The number of ether oxygens (including phenoxy) is 2. The largest absolute Gasteiger partial charge is 0.444 e. The molecule has 1 heterocycles. The third-order valence-corrected chi connectivity index (χ3v) is 4.21. The van der Waals surface area contributed by atoms with E-state index in [0.717, 1.165) is 19.3 Å². The van der Waals surface area contributed by atoms with Gasteiger partial charge in [-0.1, -0.05) is 20.3 Å². The summed E-state index contributed by atoms with van der Waals surface area (Å²) in [5.74, 6) is 0. The fourth-order valence-corrected chi connectivity index (χ4v) is 2.89. The number of carbonyl (C=O) groups is 1. The summed E-state index contributed by atoms with van der Waals surface area (Å²) in [6.07, 6.45) is 2.32. The van der Waals surface area contributed by atoms with Crippen molar-refractivity contribution < 1.29 is 19.4 Å². The molecule has 1 aliphatic rings. The summed E-state index contributed by atoms with van der Waals surface area (Å²) in [7, 11) is 0. The molecule has 0 saturated carbocycles. The summed E-state index contributed by atoms with van der Waals surface area (Å²) >= 11 is 0. The predicted molar refractivity (Wildman–Crippen MR) is 86.6 cm³/mol. The molecular weight excluding hydrogens is 282 g/mol. The van der Waals surface area contributed by atoms with Crippen molar-refractivity contribution in [1.82, 2.24) is 4.90 Å². The van der Waals surface area contributed by atoms with Crippen LogP contribution >= 0.6 is 0 Å². The SMILES string of the molecule is CC(C)(C)OC(=O)N1[C@@H](C(C)(C)CCCCO)COC1(C)C. The summed E-state index contributed by atoms with van der Waals surface area (Å²) in [4.78, 5) is 14.4. The molecule has 0 unspecified atom stereocenters. The monoisotopic (exact) mass is 315 g/mol. The summed E-state index contributed by atoms with van der Waals surface area (Å²) < 4.78 is 11.4. The van der Waals surface area contributed by atoms with Gasteiger partial charge in [0.05, 0.1) is 12.6 Å². The van der Waals surface area contributed by atoms with Gasteiger partial charge < -0.3 is 14.6 Å². The van der Waals surface area contributed by atoms with Crippen LogP contribution in [0.25, 0.3) is 0 Å². The summed E-state index contributed by atoms with van der Waals surface area (Å²) in [5, 5.41) is 8.97. The zero-order valence-corrected chi connectivity index (χ0v) is 15.2. The molecule has 0 aliphatic carbocycles. The van der Waals surface area contributed by atoms with Crippen molar-refractivity contribution in [1.29, 1.82) is 0 Å². The Morgan fingerprint density at radius 3 is 2.36 bits per heavy atom. The highest BCUT2D eigenvalue weighted by Crippen LogP contribution is 2.40. The Hall–Kier alpha value is -0.810. The number of nitrogens with zero attached hydrogens (tertiary/aromatic N) is 1. The van der Waals surface area contributed by atoms with Crippen LogP contribution in [0.2, 0.25) is 0 Å². The highest BCUT2D eigenvalue weighted by atomic mass is 16.6. The number of aliphatic hydroxyl groups excluding tert-OH is 1. The molecule has 130 valence electrons. The minimum Gasteiger partial charge on any atom is -0.444 e. The second-order valence-corrected chi connectivity index (χ2v) is 8.29. The Balaban J connectivity index is 2.91. The standard InChI is InChI=1S/C17H33NO4/c1-15(2,3)22-14(20)18-13(12-21-17(18,6)7)16(4,5)10-8-9-11-19/h13,19H,8-12H2,1-7H3/t13-/m1/s1. The van der Waals surface area contributed by atoms with Gasteiger partial charge in [-0.25, -0.2) is 4.79 Å². The molecule has 0 aromatic carbocycles. The lowest BCUT2D eigenvalue weighted by molar-refractivity contribution is -0.0674. The smallest absolute Gasteiger partial charge is 0.412 e. The van der Waals surface area contributed by atoms with E-state index in [0.29, 0.717) is 6.61 Å². The Kier molecular flexibility index (Phi) is 5.90. The Morgan fingerprint density at radius 1 is 1.27 bits per heavy atom. The second kappa shape index (κ2) is 6.75. The first-order valence-corrected chi connectivity index (χ1v) is 8.18. The number of aliphatic hydroxyl groups is 1. The van der Waals surface area contributed by atoms with E-state index < -0.39 is 11.3 Å². The predicted octanol–water partition coefficient (Wildman–Crippen LogP) is 3.55. The van der Waals surface area contributed by atoms with E-state index in [2.05, 4.69) is 13.8 Å². The highest BCUT2D eigenvalue weighted by Gasteiger charge is 2.50. The lowest BCUT2D eigenvalue weighted by atomic mass is 9.79. The molecule has 1 fully saturated rings. The quantitative estimate of drug-likeness (QED) is 0.788. The molecule has 5 heteroatoms. The van der Waals surface area contributed by atoms with E-state index in [-0.39, 0.29) is 24.2 Å². The van der Waals surface area contributed by atoms with Crippen molar-refractivity contribution >= 4 is 6.09 Å². The molecular formula is C17H33NO4. The van der Waals surface area contributed by atoms with Crippen LogP contribution in [0.1, 0.15) is 67.7 Å². The normalized spacial score (nSPS) is 22.0. The molecule has 0 radical (unpaired) electrons. The highest BCUT2D eigenvalue weighted by molar-refractivity contribution is 5.70. The lowest BCUT2D eigenvalue weighted by Gasteiger charge is -2.41. The first kappa shape index (κ1) is 19.2. The molecule has 0 spiro atoms. The molecule has 5 nitrogen and oxygen atoms in total. The first-order valence-electron chi connectivity index (χ1n) is 8.18. The zero-order valence-electron chi connectivity index (χ0n) is 15.2. The van der Waals surface area contributed by atoms with Crippen LogP contribution in [0, 0.1) is 5.41 Å². The third-order valence-electron chi connectivity index (χ3n) is 4.21. The van der Waals surface area contributed by atoms with Crippen LogP contribution in [-0.4, -0.2) is 46.7 Å². The van der Waals surface area contributed by atoms with Gasteiger partial charge in [0, 0.05) is 6.61 Å². The maximum Gasteiger partial charge on any atom is 0.412 e. The average molecular weight is 315 g/mol. The van der Waals surface area contributed by atoms with Crippen LogP contribution in [0.15, 0.2) is 0 Å². The van der Waals surface area contributed by atoms with Gasteiger partial charge in [-0.3, -0.25) is 4.90 Å². The molecule has 1 rings (SSSR count). The molecule has 1 saturated heterocycles. The van der Waals surface area contributed by atoms with Gasteiger partial charge in [0.15, 0.2) is 0 Å². The first-order chi connectivity index (χ1) is 9.91. The summed E-state index contributed by atoms with van der Waals surface area (Å²) in [6.45, 7) is 14.4. The van der Waals surface area contributed by atoms with Crippen LogP contribution < -0.4 is 0 Å². The van der Waals surface area contributed by atoms with Crippen LogP contribution in [0.4, 0.5) is 4.79 Å². The molecule has 0 aromatic rings. The second-order valence-electron chi connectivity index (χ2n) is 8.29. The number of hydrogen-bond acceptors (Lipinski definition) is 4. The van der Waals surface area contributed by atoms with Crippen molar-refractivity contribution in [3.05, 3.63) is 0 Å². The maximum atomic E-state index is 12.6. The number of amides is 1. The summed E-state index contributed by atoms with van der Waals surface area (Å²) in [5.41, 5.74) is -1.29. The number of unbranched alkanes of at least 4 members (excludes halogenated alkanes) is 1. The van der Waals surface area contributed by atoms with E-state index >= 15 is 0 Å². The number of hydrogen-bond donors (Lipinski definition) is 1. The van der Waals surface area contributed by atoms with Crippen molar-refractivity contribution in [3.63, 3.8) is 0 Å². The molecule has 1 amide bonds. The Labute approximate surface area is 135 Å². The molecule has 0 aromatic heterocycles. The van der Waals surface area contributed by atoms with Gasteiger partial charge in [-0.2, -0.15) is 0 Å². The molecule has 22 heavy (non-hydrogen) atoms. The Bertz CT molecular complexity index is 385. The van der Waals surface area contributed by atoms with Crippen LogP contribution in [0.5, 0.6) is 0 Å². The minimum absolute atomic E-state index is 0.0314. The summed E-state index contributed by atoms with van der Waals surface area (Å²) in [6, 6.07) is -0.0314. The van der Waals surface area contributed by atoms with Gasteiger partial charge >= 0.3 is 6.09 Å². The zero-order chi connectivity index (χ0) is 17.2. The minimum atomic E-state index is -0.665. The molecule has 0 bridgehead atoms. The number of rotatable bonds is 5. The van der Waals surface area contributed by atoms with Gasteiger partial charge in [-0.15, -0.1) is 0 Å². The third kappa shape index (κ3) is 4.85. The Morgan fingerprint density at radius 2 is 1.86 bits per heavy atom. The van der Waals surface area contributed by atoms with Gasteiger partial charge in [-0.05, 0) is 52.9 Å². The van der Waals surface area contributed by atoms with Crippen molar-refractivity contribution in [2.24, 2.45) is 5.41 Å². The maximum absolute atomic E-state index is 12.6. The fourth-order valence-electron chi connectivity index (χ4n) is 2.89. The topological polar surface area (TPSA) is 59.0 Å². The van der Waals surface area contributed by atoms with E-state index in [1.54, 1.807) is 4.90 Å². The lowest BCUT2D eigenvalue weighted by Crippen LogP contribution is -2.54. The van der Waals surface area contributed by atoms with Gasteiger partial charge in [0.1, 0.15) is 11.3 Å². The van der Waals surface area contributed by atoms with Crippen LogP contribution in [0.3, 0.4) is 0 Å². The fraction of sp³-hybridized carbons (Fsp3) is 0.941. The van der Waals surface area contributed by atoms with Crippen molar-refractivity contribution in [3.8, 4) is 0 Å². The van der Waals surface area contributed by atoms with Gasteiger partial charge in [0.2, 0.25) is 0 Å². The molecule has 1 atom stereocenters. The van der Waals surface area contributed by atoms with Crippen molar-refractivity contribution in [2.45, 2.75) is 85.1 Å². The molecule has 1 aliphatic heterocycles. The van der Waals surface area contributed by atoms with Crippen LogP contribution in [-0.2, 0) is 9.47 Å². The van der Waals surface area contributed by atoms with E-state index in [4.69, 9.17) is 14.6 Å².